The third-order valence-corrected chi connectivity index (χ3v) is 3.05. The van der Waals surface area contributed by atoms with E-state index in [2.05, 4.69) is 51.1 Å². The first kappa shape index (κ1) is 15.6. The average molecular weight is 258 g/mol. The molecule has 0 N–H and O–H groups in total. The van der Waals surface area contributed by atoms with Gasteiger partial charge in [0.05, 0.1) is 7.11 Å². The predicted octanol–water partition coefficient (Wildman–Crippen LogP) is 5.18. The lowest BCUT2D eigenvalue weighted by Gasteiger charge is -2.02. The summed E-state index contributed by atoms with van der Waals surface area (Å²) >= 11 is 0. The monoisotopic (exact) mass is 258 g/mol. The first-order valence-electron chi connectivity index (χ1n) is 7.08. The van der Waals surface area contributed by atoms with Gasteiger partial charge in [0, 0.05) is 0 Å². The maximum Gasteiger partial charge on any atom is 0.118 e. The molecule has 1 aromatic rings. The summed E-state index contributed by atoms with van der Waals surface area (Å²) in [6.07, 6.45) is 10.1. The fourth-order valence-electron chi connectivity index (χ4n) is 1.85. The lowest BCUT2D eigenvalue weighted by atomic mass is 10.1. The Bertz CT molecular complexity index is 410. The van der Waals surface area contributed by atoms with E-state index in [1.807, 2.05) is 12.1 Å². The molecule has 104 valence electrons. The zero-order valence-electron chi connectivity index (χ0n) is 12.6. The molecule has 0 saturated carbocycles. The van der Waals surface area contributed by atoms with Gasteiger partial charge in [-0.2, -0.15) is 0 Å². The normalized spacial score (nSPS) is 12.4. The Hall–Kier alpha value is -1.50. The van der Waals surface area contributed by atoms with E-state index in [0.717, 1.165) is 30.9 Å². The van der Waals surface area contributed by atoms with E-state index in [1.54, 1.807) is 7.11 Å². The summed E-state index contributed by atoms with van der Waals surface area (Å²) in [7, 11) is 1.70. The van der Waals surface area contributed by atoms with E-state index in [-0.39, 0.29) is 0 Å². The molecule has 1 heteroatoms. The van der Waals surface area contributed by atoms with E-state index in [4.69, 9.17) is 4.74 Å². The second-order valence-electron chi connectivity index (χ2n) is 5.37. The molecular weight excluding hydrogens is 232 g/mol. The van der Waals surface area contributed by atoms with Gasteiger partial charge in [-0.15, -0.1) is 0 Å². The number of aryl methyl sites for hydroxylation is 1. The predicted molar refractivity (Wildman–Crippen MR) is 83.7 cm³/mol. The van der Waals surface area contributed by atoms with Crippen LogP contribution in [0.2, 0.25) is 0 Å². The molecule has 1 rings (SSSR count). The Labute approximate surface area is 118 Å². The summed E-state index contributed by atoms with van der Waals surface area (Å²) in [5, 5.41) is 0. The summed E-state index contributed by atoms with van der Waals surface area (Å²) in [5.74, 6) is 1.66. The standard InChI is InChI=1S/C18H26O/c1-15(2)7-5-8-16(3)9-6-10-17-11-13-18(19-4)14-12-17/h5,8-9,11-15H,6-7,10H2,1-4H3/b8-5+,16-9+. The largest absolute Gasteiger partial charge is 0.497 e. The summed E-state index contributed by atoms with van der Waals surface area (Å²) in [6.45, 7) is 6.66. The van der Waals surface area contributed by atoms with Crippen molar-refractivity contribution < 1.29 is 4.74 Å². The molecule has 19 heavy (non-hydrogen) atoms. The molecule has 0 spiro atoms. The highest BCUT2D eigenvalue weighted by atomic mass is 16.5. The van der Waals surface area contributed by atoms with Crippen molar-refractivity contribution in [2.75, 3.05) is 7.11 Å². The average Bonchev–Trinajstić information content (AvgIpc) is 2.39. The summed E-state index contributed by atoms with van der Waals surface area (Å²) in [6, 6.07) is 8.32. The number of rotatable bonds is 7. The molecule has 0 heterocycles. The summed E-state index contributed by atoms with van der Waals surface area (Å²) in [5.41, 5.74) is 2.71. The molecule has 1 aromatic carbocycles. The van der Waals surface area contributed by atoms with Gasteiger partial charge in [0.1, 0.15) is 5.75 Å². The van der Waals surface area contributed by atoms with Crippen molar-refractivity contribution in [3.8, 4) is 5.75 Å². The van der Waals surface area contributed by atoms with Crippen LogP contribution < -0.4 is 4.74 Å². The van der Waals surface area contributed by atoms with E-state index in [0.29, 0.717) is 0 Å². The van der Waals surface area contributed by atoms with Crippen molar-refractivity contribution in [2.24, 2.45) is 5.92 Å². The molecule has 0 atom stereocenters. The van der Waals surface area contributed by atoms with Gasteiger partial charge >= 0.3 is 0 Å². The van der Waals surface area contributed by atoms with Crippen molar-refractivity contribution in [1.29, 1.82) is 0 Å². The third-order valence-electron chi connectivity index (χ3n) is 3.05. The molecule has 0 saturated heterocycles. The molecule has 0 aromatic heterocycles. The van der Waals surface area contributed by atoms with Gasteiger partial charge in [-0.3, -0.25) is 0 Å². The van der Waals surface area contributed by atoms with Crippen molar-refractivity contribution in [2.45, 2.75) is 40.0 Å². The first-order valence-corrected chi connectivity index (χ1v) is 7.08. The maximum atomic E-state index is 5.15. The SMILES string of the molecule is COc1ccc(CC/C=C(C)/C=C/CC(C)C)cc1. The van der Waals surface area contributed by atoms with E-state index >= 15 is 0 Å². The Morgan fingerprint density at radius 2 is 1.89 bits per heavy atom. The van der Waals surface area contributed by atoms with Crippen LogP contribution in [-0.4, -0.2) is 7.11 Å². The number of hydrogen-bond donors (Lipinski definition) is 0. The third kappa shape index (κ3) is 6.85. The van der Waals surface area contributed by atoms with Gasteiger partial charge < -0.3 is 4.74 Å². The highest BCUT2D eigenvalue weighted by Crippen LogP contribution is 2.13. The van der Waals surface area contributed by atoms with Crippen LogP contribution >= 0.6 is 0 Å². The molecule has 0 aliphatic carbocycles. The highest BCUT2D eigenvalue weighted by Gasteiger charge is 1.94. The minimum Gasteiger partial charge on any atom is -0.497 e. The fraction of sp³-hybridized carbons (Fsp3) is 0.444. The molecule has 0 radical (unpaired) electrons. The molecule has 0 bridgehead atoms. The molecule has 0 unspecified atom stereocenters. The summed E-state index contributed by atoms with van der Waals surface area (Å²) in [4.78, 5) is 0. The van der Waals surface area contributed by atoms with Gasteiger partial charge in [0.15, 0.2) is 0 Å². The van der Waals surface area contributed by atoms with Crippen LogP contribution in [0.1, 0.15) is 39.2 Å². The van der Waals surface area contributed by atoms with Gasteiger partial charge in [-0.25, -0.2) is 0 Å². The van der Waals surface area contributed by atoms with E-state index in [1.165, 1.54) is 11.1 Å². The number of hydrogen-bond acceptors (Lipinski definition) is 1. The van der Waals surface area contributed by atoms with Crippen LogP contribution in [0.5, 0.6) is 5.75 Å². The van der Waals surface area contributed by atoms with Gasteiger partial charge in [0.2, 0.25) is 0 Å². The lowest BCUT2D eigenvalue weighted by molar-refractivity contribution is 0.414. The van der Waals surface area contributed by atoms with Crippen LogP contribution in [0, 0.1) is 5.92 Å². The smallest absolute Gasteiger partial charge is 0.118 e. The van der Waals surface area contributed by atoms with Crippen LogP contribution in [0.25, 0.3) is 0 Å². The molecule has 0 aliphatic rings. The van der Waals surface area contributed by atoms with Crippen molar-refractivity contribution in [3.63, 3.8) is 0 Å². The summed E-state index contributed by atoms with van der Waals surface area (Å²) < 4.78 is 5.15. The zero-order chi connectivity index (χ0) is 14.1. The Balaban J connectivity index is 2.37. The minimum atomic E-state index is 0.739. The van der Waals surface area contributed by atoms with Gasteiger partial charge in [-0.05, 0) is 49.8 Å². The second kappa shape index (κ2) is 8.58. The van der Waals surface area contributed by atoms with Crippen molar-refractivity contribution >= 4 is 0 Å². The topological polar surface area (TPSA) is 9.23 Å². The quantitative estimate of drug-likeness (QED) is 0.613. The molecule has 0 fully saturated rings. The van der Waals surface area contributed by atoms with Crippen molar-refractivity contribution in [3.05, 3.63) is 53.6 Å². The maximum absolute atomic E-state index is 5.15. The molecule has 0 aliphatic heterocycles. The Kier molecular flexibility index (Phi) is 7.02. The molecule has 0 amide bonds. The number of allylic oxidation sites excluding steroid dienone is 4. The number of methoxy groups -OCH3 is 1. The fourth-order valence-corrected chi connectivity index (χ4v) is 1.85. The van der Waals surface area contributed by atoms with E-state index in [9.17, 15) is 0 Å². The minimum absolute atomic E-state index is 0.739. The van der Waals surface area contributed by atoms with Crippen molar-refractivity contribution in [1.82, 2.24) is 0 Å². The first-order chi connectivity index (χ1) is 9.11. The van der Waals surface area contributed by atoms with Crippen LogP contribution in [0.4, 0.5) is 0 Å². The number of benzene rings is 1. The van der Waals surface area contributed by atoms with Gasteiger partial charge in [0.25, 0.3) is 0 Å². The van der Waals surface area contributed by atoms with Crippen LogP contribution in [0.3, 0.4) is 0 Å². The molecular formula is C18H26O. The van der Waals surface area contributed by atoms with Crippen LogP contribution in [0.15, 0.2) is 48.1 Å². The molecule has 1 nitrogen and oxygen atoms in total. The lowest BCUT2D eigenvalue weighted by Crippen LogP contribution is -1.86. The second-order valence-corrected chi connectivity index (χ2v) is 5.37. The van der Waals surface area contributed by atoms with Gasteiger partial charge in [-0.1, -0.05) is 49.8 Å². The van der Waals surface area contributed by atoms with E-state index < -0.39 is 0 Å². The number of ether oxygens (including phenoxy) is 1. The Morgan fingerprint density at radius 1 is 1.21 bits per heavy atom. The Morgan fingerprint density at radius 3 is 2.47 bits per heavy atom. The zero-order valence-corrected chi connectivity index (χ0v) is 12.6. The van der Waals surface area contributed by atoms with Crippen LogP contribution in [-0.2, 0) is 6.42 Å². The highest BCUT2D eigenvalue weighted by molar-refractivity contribution is 5.27.